The summed E-state index contributed by atoms with van der Waals surface area (Å²) in [6.45, 7) is 0. The second-order valence-electron chi connectivity index (χ2n) is 3.26. The van der Waals surface area contributed by atoms with Crippen LogP contribution in [0.25, 0.3) is 0 Å². The van der Waals surface area contributed by atoms with E-state index in [1.807, 2.05) is 5.38 Å². The van der Waals surface area contributed by atoms with Gasteiger partial charge in [0.2, 0.25) is 0 Å². The van der Waals surface area contributed by atoms with E-state index in [1.54, 1.807) is 24.3 Å². The minimum absolute atomic E-state index is 0.0151. The topological polar surface area (TPSA) is 59.4 Å². The molecule has 0 fully saturated rings. The first-order chi connectivity index (χ1) is 8.13. The standard InChI is InChI=1S/C11H8BrNO3S/c12-9-6-17-11(13-9)16-8-3-1-2-7(4-8)5-10(14)15/h1-4,6H,5H2,(H,14,15). The van der Waals surface area contributed by atoms with Crippen molar-refractivity contribution in [3.63, 3.8) is 0 Å². The highest BCUT2D eigenvalue weighted by molar-refractivity contribution is 9.10. The molecule has 0 radical (unpaired) electrons. The van der Waals surface area contributed by atoms with E-state index in [9.17, 15) is 4.79 Å². The minimum atomic E-state index is -0.862. The lowest BCUT2D eigenvalue weighted by Crippen LogP contribution is -1.99. The van der Waals surface area contributed by atoms with Gasteiger partial charge in [-0.15, -0.1) is 0 Å². The third-order valence-corrected chi connectivity index (χ3v) is 3.34. The van der Waals surface area contributed by atoms with Crippen LogP contribution in [0.3, 0.4) is 0 Å². The second kappa shape index (κ2) is 5.29. The van der Waals surface area contributed by atoms with Crippen LogP contribution in [0.1, 0.15) is 5.56 Å². The molecule has 88 valence electrons. The van der Waals surface area contributed by atoms with Gasteiger partial charge in [-0.3, -0.25) is 4.79 Å². The molecule has 17 heavy (non-hydrogen) atoms. The minimum Gasteiger partial charge on any atom is -0.481 e. The molecule has 0 unspecified atom stereocenters. The lowest BCUT2D eigenvalue weighted by atomic mass is 10.1. The van der Waals surface area contributed by atoms with Gasteiger partial charge < -0.3 is 9.84 Å². The number of carboxylic acids is 1. The van der Waals surface area contributed by atoms with Crippen LogP contribution in [0.5, 0.6) is 10.9 Å². The molecule has 4 nitrogen and oxygen atoms in total. The number of rotatable bonds is 4. The van der Waals surface area contributed by atoms with Crippen molar-refractivity contribution in [2.45, 2.75) is 6.42 Å². The lowest BCUT2D eigenvalue weighted by Gasteiger charge is -2.03. The van der Waals surface area contributed by atoms with E-state index in [-0.39, 0.29) is 6.42 Å². The lowest BCUT2D eigenvalue weighted by molar-refractivity contribution is -0.136. The van der Waals surface area contributed by atoms with Gasteiger partial charge in [0.1, 0.15) is 10.4 Å². The fraction of sp³-hybridized carbons (Fsp3) is 0.0909. The fourth-order valence-corrected chi connectivity index (χ4v) is 2.39. The van der Waals surface area contributed by atoms with Gasteiger partial charge in [-0.1, -0.05) is 23.5 Å². The van der Waals surface area contributed by atoms with Gasteiger partial charge in [-0.2, -0.15) is 4.98 Å². The van der Waals surface area contributed by atoms with E-state index in [2.05, 4.69) is 20.9 Å². The van der Waals surface area contributed by atoms with Crippen molar-refractivity contribution in [2.75, 3.05) is 0 Å². The van der Waals surface area contributed by atoms with Crippen molar-refractivity contribution in [3.05, 3.63) is 39.8 Å². The summed E-state index contributed by atoms with van der Waals surface area (Å²) < 4.78 is 6.23. The summed E-state index contributed by atoms with van der Waals surface area (Å²) in [7, 11) is 0. The van der Waals surface area contributed by atoms with Crippen molar-refractivity contribution >= 4 is 33.2 Å². The first-order valence-electron chi connectivity index (χ1n) is 4.73. The van der Waals surface area contributed by atoms with Gasteiger partial charge in [0, 0.05) is 5.38 Å². The van der Waals surface area contributed by atoms with Crippen LogP contribution in [-0.4, -0.2) is 16.1 Å². The molecule has 0 saturated carbocycles. The maximum Gasteiger partial charge on any atom is 0.307 e. The van der Waals surface area contributed by atoms with Gasteiger partial charge in [-0.05, 0) is 33.6 Å². The van der Waals surface area contributed by atoms with Crippen LogP contribution in [0.15, 0.2) is 34.2 Å². The molecule has 0 amide bonds. The Labute approximate surface area is 110 Å². The largest absolute Gasteiger partial charge is 0.481 e. The molecule has 0 aliphatic rings. The molecule has 6 heteroatoms. The smallest absolute Gasteiger partial charge is 0.307 e. The molecular weight excluding hydrogens is 306 g/mol. The third-order valence-electron chi connectivity index (χ3n) is 1.91. The quantitative estimate of drug-likeness (QED) is 0.940. The zero-order chi connectivity index (χ0) is 12.3. The Bertz CT molecular complexity index is 541. The van der Waals surface area contributed by atoms with Crippen molar-refractivity contribution < 1.29 is 14.6 Å². The number of halogens is 1. The molecule has 0 spiro atoms. The Morgan fingerprint density at radius 3 is 3.00 bits per heavy atom. The Hall–Kier alpha value is -1.40. The van der Waals surface area contributed by atoms with Gasteiger partial charge in [-0.25, -0.2) is 0 Å². The Morgan fingerprint density at radius 2 is 2.35 bits per heavy atom. The van der Waals surface area contributed by atoms with Crippen molar-refractivity contribution in [3.8, 4) is 10.9 Å². The first kappa shape index (κ1) is 12.1. The Balaban J connectivity index is 2.13. The molecule has 0 saturated heterocycles. The van der Waals surface area contributed by atoms with Crippen LogP contribution in [0, 0.1) is 0 Å². The van der Waals surface area contributed by atoms with Gasteiger partial charge in [0.15, 0.2) is 0 Å². The molecule has 0 aliphatic heterocycles. The van der Waals surface area contributed by atoms with Crippen LogP contribution in [0.4, 0.5) is 0 Å². The van der Waals surface area contributed by atoms with Crippen LogP contribution in [-0.2, 0) is 11.2 Å². The molecule has 1 N–H and O–H groups in total. The number of hydrogen-bond acceptors (Lipinski definition) is 4. The summed E-state index contributed by atoms with van der Waals surface area (Å²) >= 11 is 4.60. The van der Waals surface area contributed by atoms with Gasteiger partial charge >= 0.3 is 5.97 Å². The van der Waals surface area contributed by atoms with E-state index in [0.717, 1.165) is 4.60 Å². The number of thiazole rings is 1. The fourth-order valence-electron chi connectivity index (χ4n) is 1.28. The van der Waals surface area contributed by atoms with E-state index in [0.29, 0.717) is 16.5 Å². The number of hydrogen-bond donors (Lipinski definition) is 1. The summed E-state index contributed by atoms with van der Waals surface area (Å²) in [5.74, 6) is -0.273. The normalized spacial score (nSPS) is 10.2. The second-order valence-corrected chi connectivity index (χ2v) is 4.89. The summed E-state index contributed by atoms with van der Waals surface area (Å²) in [4.78, 5) is 14.7. The number of aromatic nitrogens is 1. The average Bonchev–Trinajstić information content (AvgIpc) is 2.63. The number of aliphatic carboxylic acids is 1. The van der Waals surface area contributed by atoms with Crippen LogP contribution in [0.2, 0.25) is 0 Å². The van der Waals surface area contributed by atoms with Gasteiger partial charge in [0.25, 0.3) is 5.19 Å². The van der Waals surface area contributed by atoms with E-state index < -0.39 is 5.97 Å². The molecule has 2 rings (SSSR count). The Kier molecular flexibility index (Phi) is 3.75. The summed E-state index contributed by atoms with van der Waals surface area (Å²) in [5.41, 5.74) is 0.700. The summed E-state index contributed by atoms with van der Waals surface area (Å²) in [5, 5.41) is 11.0. The molecule has 1 aromatic heterocycles. The molecule has 1 aromatic carbocycles. The van der Waals surface area contributed by atoms with Crippen molar-refractivity contribution in [1.82, 2.24) is 4.98 Å². The summed E-state index contributed by atoms with van der Waals surface area (Å²) in [6.07, 6.45) is -0.0151. The number of nitrogens with zero attached hydrogens (tertiary/aromatic N) is 1. The average molecular weight is 314 g/mol. The van der Waals surface area contributed by atoms with Crippen molar-refractivity contribution in [2.24, 2.45) is 0 Å². The maximum atomic E-state index is 10.6. The SMILES string of the molecule is O=C(O)Cc1cccc(Oc2nc(Br)cs2)c1. The van der Waals surface area contributed by atoms with E-state index in [1.165, 1.54) is 11.3 Å². The number of carbonyl (C=O) groups is 1. The highest BCUT2D eigenvalue weighted by Gasteiger charge is 2.05. The monoisotopic (exact) mass is 313 g/mol. The number of benzene rings is 1. The number of ether oxygens (including phenoxy) is 1. The molecule has 0 aliphatic carbocycles. The zero-order valence-electron chi connectivity index (χ0n) is 8.59. The van der Waals surface area contributed by atoms with E-state index in [4.69, 9.17) is 9.84 Å². The molecular formula is C11H8BrNO3S. The van der Waals surface area contributed by atoms with Crippen LogP contribution >= 0.6 is 27.3 Å². The zero-order valence-corrected chi connectivity index (χ0v) is 11.0. The summed E-state index contributed by atoms with van der Waals surface area (Å²) in [6, 6.07) is 6.97. The predicted molar refractivity (Wildman–Crippen MR) is 67.7 cm³/mol. The Morgan fingerprint density at radius 1 is 1.53 bits per heavy atom. The molecule has 0 bridgehead atoms. The number of carboxylic acid groups (broad SMARTS) is 1. The first-order valence-corrected chi connectivity index (χ1v) is 6.40. The molecule has 1 heterocycles. The predicted octanol–water partition coefficient (Wildman–Crippen LogP) is 3.33. The van der Waals surface area contributed by atoms with Gasteiger partial charge in [0.05, 0.1) is 6.42 Å². The highest BCUT2D eigenvalue weighted by atomic mass is 79.9. The maximum absolute atomic E-state index is 10.6. The highest BCUT2D eigenvalue weighted by Crippen LogP contribution is 2.27. The van der Waals surface area contributed by atoms with Crippen molar-refractivity contribution in [1.29, 1.82) is 0 Å². The van der Waals surface area contributed by atoms with E-state index >= 15 is 0 Å². The third kappa shape index (κ3) is 3.54. The molecule has 0 atom stereocenters. The van der Waals surface area contributed by atoms with Crippen LogP contribution < -0.4 is 4.74 Å². The molecule has 2 aromatic rings.